The largest absolute Gasteiger partial charge is 0.497 e. The molecule has 5 rings (SSSR count). The van der Waals surface area contributed by atoms with Crippen LogP contribution in [0.3, 0.4) is 0 Å². The number of hydrogen-bond donors (Lipinski definition) is 0. The zero-order chi connectivity index (χ0) is 29.1. The van der Waals surface area contributed by atoms with E-state index in [0.29, 0.717) is 42.7 Å². The first-order chi connectivity index (χ1) is 19.8. The molecule has 2 heterocycles. The van der Waals surface area contributed by atoms with E-state index in [2.05, 4.69) is 4.99 Å². The lowest BCUT2D eigenvalue weighted by Gasteiger charge is -2.24. The summed E-state index contributed by atoms with van der Waals surface area (Å²) in [5, 5.41) is 0.527. The molecular weight excluding hydrogens is 564 g/mol. The van der Waals surface area contributed by atoms with Crippen molar-refractivity contribution in [2.75, 3.05) is 13.7 Å². The molecule has 0 aliphatic carbocycles. The lowest BCUT2D eigenvalue weighted by atomic mass is 9.96. The average Bonchev–Trinajstić information content (AvgIpc) is 3.27. The molecule has 1 aliphatic heterocycles. The third kappa shape index (κ3) is 5.86. The van der Waals surface area contributed by atoms with E-state index in [0.717, 1.165) is 11.1 Å². The molecule has 41 heavy (non-hydrogen) atoms. The highest BCUT2D eigenvalue weighted by Gasteiger charge is 2.33. The molecule has 0 saturated heterocycles. The first kappa shape index (κ1) is 28.1. The fraction of sp³-hybridized carbons (Fsp3) is 0.161. The predicted octanol–water partition coefficient (Wildman–Crippen LogP) is 4.68. The Balaban J connectivity index is 1.50. The van der Waals surface area contributed by atoms with Crippen molar-refractivity contribution >= 4 is 41.0 Å². The number of thiazole rings is 1. The Kier molecular flexibility index (Phi) is 8.19. The molecule has 0 fully saturated rings. The zero-order valence-corrected chi connectivity index (χ0v) is 24.0. The Bertz CT molecular complexity index is 1820. The molecule has 1 aliphatic rings. The van der Waals surface area contributed by atoms with E-state index in [1.165, 1.54) is 15.9 Å². The van der Waals surface area contributed by atoms with Crippen LogP contribution < -0.4 is 24.4 Å². The highest BCUT2D eigenvalue weighted by Crippen LogP contribution is 2.31. The molecule has 1 atom stereocenters. The van der Waals surface area contributed by atoms with Gasteiger partial charge < -0.3 is 14.2 Å². The van der Waals surface area contributed by atoms with Gasteiger partial charge in [0.05, 0.1) is 41.1 Å². The fourth-order valence-corrected chi connectivity index (χ4v) is 5.60. The molecule has 1 aromatic heterocycles. The Morgan fingerprint density at radius 3 is 2.27 bits per heavy atom. The molecule has 208 valence electrons. The zero-order valence-electron chi connectivity index (χ0n) is 22.4. The monoisotopic (exact) mass is 588 g/mol. The summed E-state index contributed by atoms with van der Waals surface area (Å²) in [6, 6.07) is 19.7. The lowest BCUT2D eigenvalue weighted by Crippen LogP contribution is -2.39. The quantitative estimate of drug-likeness (QED) is 0.230. The minimum absolute atomic E-state index is 0.195. The van der Waals surface area contributed by atoms with Gasteiger partial charge in [-0.05, 0) is 79.6 Å². The average molecular weight is 589 g/mol. The van der Waals surface area contributed by atoms with Gasteiger partial charge in [0.15, 0.2) is 4.80 Å². The fourth-order valence-electron chi connectivity index (χ4n) is 4.43. The second-order valence-corrected chi connectivity index (χ2v) is 10.5. The summed E-state index contributed by atoms with van der Waals surface area (Å²) in [4.78, 5) is 44.3. The van der Waals surface area contributed by atoms with E-state index in [4.69, 9.17) is 25.8 Å². The number of allylic oxidation sites excluding steroid dienone is 1. The summed E-state index contributed by atoms with van der Waals surface area (Å²) in [6.45, 7) is 3.67. The first-order valence-corrected chi connectivity index (χ1v) is 13.9. The molecule has 3 aromatic carbocycles. The topological polar surface area (TPSA) is 96.2 Å². The van der Waals surface area contributed by atoms with Crippen LogP contribution in [0.15, 0.2) is 93.9 Å². The number of hydrogen-bond acceptors (Lipinski definition) is 8. The molecule has 10 heteroatoms. The molecule has 0 N–H and O–H groups in total. The third-order valence-electron chi connectivity index (χ3n) is 6.42. The van der Waals surface area contributed by atoms with E-state index in [1.807, 2.05) is 12.1 Å². The van der Waals surface area contributed by atoms with Gasteiger partial charge in [-0.3, -0.25) is 9.36 Å². The van der Waals surface area contributed by atoms with Crippen LogP contribution in [0.5, 0.6) is 11.5 Å². The Morgan fingerprint density at radius 2 is 1.63 bits per heavy atom. The van der Waals surface area contributed by atoms with Gasteiger partial charge in [0.2, 0.25) is 0 Å². The number of rotatable bonds is 7. The Labute approximate surface area is 244 Å². The van der Waals surface area contributed by atoms with Gasteiger partial charge >= 0.3 is 11.9 Å². The summed E-state index contributed by atoms with van der Waals surface area (Å²) in [6.07, 6.45) is 1.74. The lowest BCUT2D eigenvalue weighted by molar-refractivity contribution is -0.139. The molecule has 0 saturated carbocycles. The van der Waals surface area contributed by atoms with Gasteiger partial charge in [0.25, 0.3) is 5.56 Å². The summed E-state index contributed by atoms with van der Waals surface area (Å²) in [5.41, 5.74) is 2.34. The van der Waals surface area contributed by atoms with Crippen molar-refractivity contribution < 1.29 is 23.8 Å². The van der Waals surface area contributed by atoms with Crippen molar-refractivity contribution in [1.29, 1.82) is 0 Å². The number of aromatic nitrogens is 1. The van der Waals surface area contributed by atoms with Gasteiger partial charge in [-0.25, -0.2) is 14.6 Å². The van der Waals surface area contributed by atoms with Crippen LogP contribution in [-0.2, 0) is 9.53 Å². The van der Waals surface area contributed by atoms with Crippen molar-refractivity contribution in [3.05, 3.63) is 125 Å². The number of nitrogens with zero attached hydrogens (tertiary/aromatic N) is 2. The van der Waals surface area contributed by atoms with Crippen molar-refractivity contribution in [1.82, 2.24) is 4.57 Å². The van der Waals surface area contributed by atoms with Gasteiger partial charge in [-0.2, -0.15) is 0 Å². The normalized spacial score (nSPS) is 14.7. The van der Waals surface area contributed by atoms with Crippen LogP contribution in [0, 0.1) is 0 Å². The molecule has 0 radical (unpaired) electrons. The summed E-state index contributed by atoms with van der Waals surface area (Å²) >= 11 is 7.11. The molecular formula is C31H25ClN2O6S. The van der Waals surface area contributed by atoms with E-state index < -0.39 is 18.0 Å². The summed E-state index contributed by atoms with van der Waals surface area (Å²) < 4.78 is 18.0. The number of carbonyl (C=O) groups excluding carboxylic acids is 2. The van der Waals surface area contributed by atoms with Crippen LogP contribution in [0.4, 0.5) is 0 Å². The van der Waals surface area contributed by atoms with Gasteiger partial charge in [-0.1, -0.05) is 47.2 Å². The number of esters is 2. The number of ether oxygens (including phenoxy) is 3. The highest BCUT2D eigenvalue weighted by molar-refractivity contribution is 7.07. The molecule has 0 bridgehead atoms. The van der Waals surface area contributed by atoms with Crippen molar-refractivity contribution in [2.45, 2.75) is 19.9 Å². The number of halogens is 1. The van der Waals surface area contributed by atoms with Crippen LogP contribution in [0.25, 0.3) is 6.08 Å². The maximum atomic E-state index is 13.8. The maximum absolute atomic E-state index is 13.8. The van der Waals surface area contributed by atoms with E-state index in [-0.39, 0.29) is 12.2 Å². The molecule has 8 nitrogen and oxygen atoms in total. The van der Waals surface area contributed by atoms with Crippen LogP contribution in [0.2, 0.25) is 5.02 Å². The number of benzene rings is 3. The molecule has 0 unspecified atom stereocenters. The van der Waals surface area contributed by atoms with Crippen LogP contribution in [-0.4, -0.2) is 30.2 Å². The molecule has 0 amide bonds. The molecule has 0 spiro atoms. The van der Waals surface area contributed by atoms with Crippen molar-refractivity contribution in [3.8, 4) is 11.5 Å². The third-order valence-corrected chi connectivity index (χ3v) is 7.65. The maximum Gasteiger partial charge on any atom is 0.343 e. The minimum Gasteiger partial charge on any atom is -0.497 e. The first-order valence-electron chi connectivity index (χ1n) is 12.7. The van der Waals surface area contributed by atoms with E-state index in [1.54, 1.807) is 87.7 Å². The van der Waals surface area contributed by atoms with Crippen molar-refractivity contribution in [2.24, 2.45) is 4.99 Å². The van der Waals surface area contributed by atoms with Gasteiger partial charge in [0, 0.05) is 5.02 Å². The standard InChI is InChI=1S/C31H25ClN2O6S/c1-4-39-30(37)26-18(2)33-31-34(27(26)20-9-15-23(38-3)16-10-20)28(35)25(41-31)17-19-5-13-24(14-6-19)40-29(36)21-7-11-22(32)12-8-21/h5-17,27H,4H2,1-3H3/b25-17-/t27-/m1/s1. The van der Waals surface area contributed by atoms with E-state index >= 15 is 0 Å². The summed E-state index contributed by atoms with van der Waals surface area (Å²) in [7, 11) is 1.57. The smallest absolute Gasteiger partial charge is 0.343 e. The Morgan fingerprint density at radius 1 is 0.976 bits per heavy atom. The minimum atomic E-state index is -0.715. The number of carbonyl (C=O) groups is 2. The molecule has 4 aromatic rings. The van der Waals surface area contributed by atoms with E-state index in [9.17, 15) is 14.4 Å². The predicted molar refractivity (Wildman–Crippen MR) is 156 cm³/mol. The number of fused-ring (bicyclic) bond motifs is 1. The SMILES string of the molecule is CCOC(=O)C1=C(C)N=c2s/c(=C\c3ccc(OC(=O)c4ccc(Cl)cc4)cc3)c(=O)n2[C@@H]1c1ccc(OC)cc1. The van der Waals surface area contributed by atoms with Gasteiger partial charge in [0.1, 0.15) is 11.5 Å². The second-order valence-electron chi connectivity index (χ2n) is 9.04. The number of methoxy groups -OCH3 is 1. The van der Waals surface area contributed by atoms with Gasteiger partial charge in [-0.15, -0.1) is 0 Å². The highest BCUT2D eigenvalue weighted by atomic mass is 35.5. The Hall–Kier alpha value is -4.47. The second kappa shape index (κ2) is 12.0. The van der Waals surface area contributed by atoms with Crippen LogP contribution in [0.1, 0.15) is 41.4 Å². The van der Waals surface area contributed by atoms with Crippen molar-refractivity contribution in [3.63, 3.8) is 0 Å². The van der Waals surface area contributed by atoms with Crippen LogP contribution >= 0.6 is 22.9 Å². The summed E-state index contributed by atoms with van der Waals surface area (Å²) in [5.74, 6) is -0.0128.